The van der Waals surface area contributed by atoms with Gasteiger partial charge in [0.25, 0.3) is 5.91 Å². The molecular formula is C17H31N7O5. The predicted octanol–water partition coefficient (Wildman–Crippen LogP) is -2.66. The second-order valence-electron chi connectivity index (χ2n) is 6.62. The monoisotopic (exact) mass is 413 g/mol. The lowest BCUT2D eigenvalue weighted by molar-refractivity contribution is -0.149. The van der Waals surface area contributed by atoms with Crippen molar-refractivity contribution in [1.82, 2.24) is 15.5 Å². The van der Waals surface area contributed by atoms with Gasteiger partial charge in [-0.25, -0.2) is 0 Å². The lowest BCUT2D eigenvalue weighted by atomic mass is 10.1. The van der Waals surface area contributed by atoms with Crippen LogP contribution in [0, 0.1) is 0 Å². The Kier molecular flexibility index (Phi) is 11.1. The Morgan fingerprint density at radius 2 is 1.59 bits per heavy atom. The highest BCUT2D eigenvalue weighted by molar-refractivity contribution is 6.01. The fourth-order valence-electron chi connectivity index (χ4n) is 2.35. The van der Waals surface area contributed by atoms with E-state index in [9.17, 15) is 24.0 Å². The van der Waals surface area contributed by atoms with Crippen LogP contribution >= 0.6 is 0 Å². The Hall–Kier alpha value is -3.02. The van der Waals surface area contributed by atoms with Crippen LogP contribution in [0.5, 0.6) is 0 Å². The number of imide groups is 1. The van der Waals surface area contributed by atoms with E-state index >= 15 is 0 Å². The van der Waals surface area contributed by atoms with E-state index in [0.717, 1.165) is 11.8 Å². The van der Waals surface area contributed by atoms with Gasteiger partial charge >= 0.3 is 0 Å². The first-order valence-electron chi connectivity index (χ1n) is 9.13. The molecule has 0 rings (SSSR count). The number of aliphatic imine (C=N–C) groups is 1. The van der Waals surface area contributed by atoms with Gasteiger partial charge in [0.15, 0.2) is 5.96 Å². The van der Waals surface area contributed by atoms with E-state index in [1.54, 1.807) is 0 Å². The molecule has 0 aromatic heterocycles. The summed E-state index contributed by atoms with van der Waals surface area (Å²) in [7, 11) is 0. The van der Waals surface area contributed by atoms with Gasteiger partial charge in [-0.1, -0.05) is 0 Å². The Morgan fingerprint density at radius 1 is 1.03 bits per heavy atom. The minimum Gasteiger partial charge on any atom is -0.370 e. The molecule has 0 radical (unpaired) electrons. The number of carbonyl (C=O) groups excluding carboxylic acids is 5. The second kappa shape index (κ2) is 12.4. The van der Waals surface area contributed by atoms with Crippen LogP contribution < -0.4 is 27.8 Å². The molecule has 12 heteroatoms. The molecule has 0 unspecified atom stereocenters. The second-order valence-corrected chi connectivity index (χ2v) is 6.62. The van der Waals surface area contributed by atoms with Gasteiger partial charge in [0, 0.05) is 13.5 Å². The van der Waals surface area contributed by atoms with Crippen molar-refractivity contribution in [2.75, 3.05) is 6.54 Å². The summed E-state index contributed by atoms with van der Waals surface area (Å²) in [6.07, 6.45) is 1.24. The van der Waals surface area contributed by atoms with Crippen molar-refractivity contribution in [3.8, 4) is 0 Å². The maximum atomic E-state index is 12.4. The number of aldehydes is 1. The van der Waals surface area contributed by atoms with Gasteiger partial charge in [-0.05, 0) is 33.6 Å². The maximum Gasteiger partial charge on any atom is 0.252 e. The minimum absolute atomic E-state index is 0.0529. The highest BCUT2D eigenvalue weighted by Gasteiger charge is 2.30. The molecule has 4 amide bonds. The zero-order valence-electron chi connectivity index (χ0n) is 17.2. The first-order chi connectivity index (χ1) is 13.4. The van der Waals surface area contributed by atoms with Crippen LogP contribution in [0.3, 0.4) is 0 Å². The molecule has 0 aromatic rings. The number of nitrogens with two attached hydrogens (primary N) is 3. The summed E-state index contributed by atoms with van der Waals surface area (Å²) in [6, 6.07) is -3.88. The number of carbonyl (C=O) groups is 5. The maximum absolute atomic E-state index is 12.4. The molecule has 29 heavy (non-hydrogen) atoms. The summed E-state index contributed by atoms with van der Waals surface area (Å²) in [6.45, 7) is 5.65. The molecule has 4 atom stereocenters. The Morgan fingerprint density at radius 3 is 2.07 bits per heavy atom. The fourth-order valence-corrected chi connectivity index (χ4v) is 2.35. The number of rotatable bonds is 11. The number of hydrogen-bond donors (Lipinski definition) is 5. The third-order valence-corrected chi connectivity index (χ3v) is 3.97. The minimum atomic E-state index is -1.08. The van der Waals surface area contributed by atoms with Crippen molar-refractivity contribution in [3.63, 3.8) is 0 Å². The molecule has 0 aromatic carbocycles. The summed E-state index contributed by atoms with van der Waals surface area (Å²) in [5.74, 6) is -2.60. The van der Waals surface area contributed by atoms with Crippen LogP contribution in [0.4, 0.5) is 0 Å². The largest absolute Gasteiger partial charge is 0.370 e. The summed E-state index contributed by atoms with van der Waals surface area (Å²) >= 11 is 0. The van der Waals surface area contributed by atoms with Crippen molar-refractivity contribution in [2.24, 2.45) is 22.2 Å². The van der Waals surface area contributed by atoms with Crippen molar-refractivity contribution < 1.29 is 24.0 Å². The van der Waals surface area contributed by atoms with E-state index < -0.39 is 47.8 Å². The lowest BCUT2D eigenvalue weighted by Gasteiger charge is -2.26. The van der Waals surface area contributed by atoms with E-state index in [1.165, 1.54) is 20.8 Å². The Bertz CT molecular complexity index is 648. The SMILES string of the molecule is CC(=O)N(C(=O)[C@H](C)NC(=O)[C@H](C)NC(=O)[C@H](N)CCCN=C(N)N)[C@@H](C)C=O. The van der Waals surface area contributed by atoms with Crippen LogP contribution in [0.2, 0.25) is 0 Å². The molecule has 0 fully saturated rings. The van der Waals surface area contributed by atoms with Crippen molar-refractivity contribution in [3.05, 3.63) is 0 Å². The van der Waals surface area contributed by atoms with E-state index in [0.29, 0.717) is 25.7 Å². The first kappa shape index (κ1) is 26.0. The topological polar surface area (TPSA) is 203 Å². The van der Waals surface area contributed by atoms with Gasteiger partial charge in [-0.2, -0.15) is 0 Å². The van der Waals surface area contributed by atoms with E-state index in [-0.39, 0.29) is 5.96 Å². The van der Waals surface area contributed by atoms with Crippen LogP contribution in [-0.2, 0) is 24.0 Å². The molecule has 12 nitrogen and oxygen atoms in total. The molecule has 0 heterocycles. The lowest BCUT2D eigenvalue weighted by Crippen LogP contribution is -2.56. The highest BCUT2D eigenvalue weighted by atomic mass is 16.2. The first-order valence-corrected chi connectivity index (χ1v) is 9.13. The third kappa shape index (κ3) is 9.14. The number of guanidine groups is 1. The standard InChI is InChI=1S/C17H31N7O5/c1-9(8-25)24(12(4)26)16(29)11(3)23-14(27)10(2)22-15(28)13(18)6-5-7-21-17(19)20/h8-11,13H,5-7,18H2,1-4H3,(H,22,28)(H,23,27)(H4,19,20,21)/t9-,10-,11-,13+/m0/s1. The molecule has 0 aliphatic carbocycles. The van der Waals surface area contributed by atoms with Crippen LogP contribution in [0.1, 0.15) is 40.5 Å². The third-order valence-electron chi connectivity index (χ3n) is 3.97. The molecule has 0 aliphatic heterocycles. The van der Waals surface area contributed by atoms with Crippen molar-refractivity contribution in [2.45, 2.75) is 64.7 Å². The molecule has 0 aliphatic rings. The van der Waals surface area contributed by atoms with E-state index in [1.807, 2.05) is 0 Å². The summed E-state index contributed by atoms with van der Waals surface area (Å²) in [5, 5.41) is 4.85. The normalized spacial score (nSPS) is 14.5. The molecule has 8 N–H and O–H groups in total. The van der Waals surface area contributed by atoms with Crippen LogP contribution in [0.25, 0.3) is 0 Å². The number of nitrogens with one attached hydrogen (secondary N) is 2. The average Bonchev–Trinajstić information content (AvgIpc) is 2.63. The zero-order valence-corrected chi connectivity index (χ0v) is 17.2. The van der Waals surface area contributed by atoms with Crippen molar-refractivity contribution >= 4 is 35.9 Å². The summed E-state index contributed by atoms with van der Waals surface area (Å²) in [4.78, 5) is 63.7. The molecule has 0 saturated heterocycles. The molecule has 0 bridgehead atoms. The van der Waals surface area contributed by atoms with E-state index in [4.69, 9.17) is 17.2 Å². The van der Waals surface area contributed by atoms with Gasteiger partial charge in [-0.15, -0.1) is 0 Å². The average molecular weight is 413 g/mol. The van der Waals surface area contributed by atoms with Gasteiger partial charge in [0.1, 0.15) is 18.4 Å². The predicted molar refractivity (Wildman–Crippen MR) is 106 cm³/mol. The smallest absolute Gasteiger partial charge is 0.252 e. The quantitative estimate of drug-likeness (QED) is 0.104. The van der Waals surface area contributed by atoms with Gasteiger partial charge < -0.3 is 32.6 Å². The summed E-state index contributed by atoms with van der Waals surface area (Å²) in [5.41, 5.74) is 16.2. The Balaban J connectivity index is 4.69. The van der Waals surface area contributed by atoms with Gasteiger partial charge in [0.05, 0.1) is 12.1 Å². The number of nitrogens with zero attached hydrogens (tertiary/aromatic N) is 2. The van der Waals surface area contributed by atoms with Gasteiger partial charge in [0.2, 0.25) is 17.7 Å². The zero-order chi connectivity index (χ0) is 22.7. The Labute approximate surface area is 169 Å². The highest BCUT2D eigenvalue weighted by Crippen LogP contribution is 2.03. The van der Waals surface area contributed by atoms with Gasteiger partial charge in [-0.3, -0.25) is 29.1 Å². The number of hydrogen-bond acceptors (Lipinski definition) is 7. The van der Waals surface area contributed by atoms with E-state index in [2.05, 4.69) is 15.6 Å². The number of amides is 4. The molecular weight excluding hydrogens is 382 g/mol. The van der Waals surface area contributed by atoms with Crippen LogP contribution in [-0.4, -0.2) is 71.5 Å². The molecule has 164 valence electrons. The van der Waals surface area contributed by atoms with Crippen LogP contribution in [0.15, 0.2) is 4.99 Å². The summed E-state index contributed by atoms with van der Waals surface area (Å²) < 4.78 is 0. The molecule has 0 spiro atoms. The van der Waals surface area contributed by atoms with Crippen molar-refractivity contribution in [1.29, 1.82) is 0 Å². The molecule has 0 saturated carbocycles. The fraction of sp³-hybridized carbons (Fsp3) is 0.647.